The molecule has 1 amide bonds. The summed E-state index contributed by atoms with van der Waals surface area (Å²) in [6, 6.07) is -0.642. The van der Waals surface area contributed by atoms with Gasteiger partial charge in [-0.1, -0.05) is 0 Å². The molecule has 21 heavy (non-hydrogen) atoms. The highest BCUT2D eigenvalue weighted by molar-refractivity contribution is 7.98. The number of nitrogens with one attached hydrogen (secondary N) is 1. The summed E-state index contributed by atoms with van der Waals surface area (Å²) in [7, 11) is 1.51. The lowest BCUT2D eigenvalue weighted by molar-refractivity contribution is -0.149. The molecular formula is C14H21NO4S2. The first kappa shape index (κ1) is 17.8. The third-order valence-electron chi connectivity index (χ3n) is 2.64. The van der Waals surface area contributed by atoms with Crippen molar-refractivity contribution >= 4 is 35.0 Å². The smallest absolute Gasteiger partial charge is 0.328 e. The second kappa shape index (κ2) is 8.94. The van der Waals surface area contributed by atoms with Crippen LogP contribution in [0.25, 0.3) is 0 Å². The van der Waals surface area contributed by atoms with Crippen LogP contribution in [-0.4, -0.2) is 43.1 Å². The molecular weight excluding hydrogens is 310 g/mol. The molecule has 7 heteroatoms. The highest BCUT2D eigenvalue weighted by Crippen LogP contribution is 2.23. The summed E-state index contributed by atoms with van der Waals surface area (Å²) >= 11 is 2.99. The van der Waals surface area contributed by atoms with Gasteiger partial charge in [-0.05, 0) is 32.3 Å². The average Bonchev–Trinajstić information content (AvgIpc) is 2.90. The van der Waals surface area contributed by atoms with Gasteiger partial charge >= 0.3 is 5.97 Å². The van der Waals surface area contributed by atoms with E-state index in [-0.39, 0.29) is 12.0 Å². The number of hydrogen-bond acceptors (Lipinski definition) is 6. The van der Waals surface area contributed by atoms with E-state index in [1.54, 1.807) is 36.4 Å². The van der Waals surface area contributed by atoms with Crippen LogP contribution in [0.15, 0.2) is 10.8 Å². The van der Waals surface area contributed by atoms with Gasteiger partial charge in [0.15, 0.2) is 0 Å². The van der Waals surface area contributed by atoms with Gasteiger partial charge in [0.1, 0.15) is 11.8 Å². The fourth-order valence-corrected chi connectivity index (χ4v) is 2.89. The molecule has 0 bridgehead atoms. The van der Waals surface area contributed by atoms with Crippen LogP contribution < -0.4 is 10.1 Å². The Morgan fingerprint density at radius 2 is 2.10 bits per heavy atom. The Balaban J connectivity index is 2.75. The SMILES string of the molecule is COc1cscc1C(=O)NC(CCSC)C(=O)OC(C)C. The Morgan fingerprint density at radius 3 is 2.67 bits per heavy atom. The highest BCUT2D eigenvalue weighted by atomic mass is 32.2. The summed E-state index contributed by atoms with van der Waals surface area (Å²) in [5, 5.41) is 6.18. The normalized spacial score (nSPS) is 12.0. The molecule has 0 aliphatic carbocycles. The third kappa shape index (κ3) is 5.59. The Labute approximate surface area is 133 Å². The number of thiophene rings is 1. The van der Waals surface area contributed by atoms with Crippen molar-refractivity contribution in [2.45, 2.75) is 32.4 Å². The standard InChI is InChI=1S/C14H21NO4S2/c1-9(2)19-14(17)11(5-6-20-4)15-13(16)10-7-21-8-12(10)18-3/h7-9,11H,5-6H2,1-4H3,(H,15,16). The van der Waals surface area contributed by atoms with Gasteiger partial charge in [-0.3, -0.25) is 4.79 Å². The fourth-order valence-electron chi connectivity index (χ4n) is 1.64. The lowest BCUT2D eigenvalue weighted by atomic mass is 10.2. The second-order valence-electron chi connectivity index (χ2n) is 4.65. The summed E-state index contributed by atoms with van der Waals surface area (Å²) in [6.45, 7) is 3.57. The van der Waals surface area contributed by atoms with E-state index in [0.29, 0.717) is 17.7 Å². The first-order valence-corrected chi connectivity index (χ1v) is 8.93. The molecule has 0 aromatic carbocycles. The van der Waals surface area contributed by atoms with Crippen molar-refractivity contribution in [2.75, 3.05) is 19.1 Å². The molecule has 0 aliphatic rings. The number of carbonyl (C=O) groups is 2. The van der Waals surface area contributed by atoms with Crippen LogP contribution in [0.4, 0.5) is 0 Å². The lowest BCUT2D eigenvalue weighted by Crippen LogP contribution is -2.43. The van der Waals surface area contributed by atoms with Crippen molar-refractivity contribution in [3.8, 4) is 5.75 Å². The molecule has 0 spiro atoms. The number of carbonyl (C=O) groups excluding carboxylic acids is 2. The van der Waals surface area contributed by atoms with E-state index < -0.39 is 12.0 Å². The molecule has 0 saturated carbocycles. The molecule has 1 rings (SSSR count). The minimum absolute atomic E-state index is 0.207. The molecule has 1 heterocycles. The van der Waals surface area contributed by atoms with Gasteiger partial charge < -0.3 is 14.8 Å². The van der Waals surface area contributed by atoms with Gasteiger partial charge in [0.25, 0.3) is 5.91 Å². The number of rotatable bonds is 8. The van der Waals surface area contributed by atoms with Crippen LogP contribution in [-0.2, 0) is 9.53 Å². The Morgan fingerprint density at radius 1 is 1.38 bits per heavy atom. The van der Waals surface area contributed by atoms with Crippen LogP contribution in [0.3, 0.4) is 0 Å². The average molecular weight is 331 g/mol. The fraction of sp³-hybridized carbons (Fsp3) is 0.571. The molecule has 1 unspecified atom stereocenters. The van der Waals surface area contributed by atoms with E-state index in [4.69, 9.17) is 9.47 Å². The van der Waals surface area contributed by atoms with Gasteiger partial charge in [-0.2, -0.15) is 11.8 Å². The van der Waals surface area contributed by atoms with E-state index in [1.807, 2.05) is 6.26 Å². The third-order valence-corrected chi connectivity index (χ3v) is 4.01. The molecule has 118 valence electrons. The molecule has 0 radical (unpaired) electrons. The van der Waals surface area contributed by atoms with Crippen molar-refractivity contribution in [1.82, 2.24) is 5.32 Å². The number of esters is 1. The van der Waals surface area contributed by atoms with Gasteiger partial charge in [0.2, 0.25) is 0 Å². The van der Waals surface area contributed by atoms with Crippen LogP contribution in [0, 0.1) is 0 Å². The Kier molecular flexibility index (Phi) is 7.60. The van der Waals surface area contributed by atoms with E-state index >= 15 is 0 Å². The van der Waals surface area contributed by atoms with Crippen LogP contribution in [0.2, 0.25) is 0 Å². The number of amides is 1. The van der Waals surface area contributed by atoms with Crippen molar-refractivity contribution in [3.63, 3.8) is 0 Å². The Bertz CT molecular complexity index is 473. The minimum Gasteiger partial charge on any atom is -0.495 e. The number of ether oxygens (including phenoxy) is 2. The molecule has 1 aromatic heterocycles. The van der Waals surface area contributed by atoms with Crippen LogP contribution in [0.5, 0.6) is 5.75 Å². The van der Waals surface area contributed by atoms with E-state index in [9.17, 15) is 9.59 Å². The maximum Gasteiger partial charge on any atom is 0.328 e. The van der Waals surface area contributed by atoms with E-state index in [1.165, 1.54) is 18.4 Å². The highest BCUT2D eigenvalue weighted by Gasteiger charge is 2.24. The van der Waals surface area contributed by atoms with Crippen molar-refractivity contribution < 1.29 is 19.1 Å². The number of thioether (sulfide) groups is 1. The predicted octanol–water partition coefficient (Wildman–Crippen LogP) is 2.56. The zero-order valence-corrected chi connectivity index (χ0v) is 14.3. The maximum absolute atomic E-state index is 12.3. The number of hydrogen-bond donors (Lipinski definition) is 1. The van der Waals surface area contributed by atoms with Gasteiger partial charge in [0.05, 0.1) is 18.8 Å². The first-order valence-electron chi connectivity index (χ1n) is 6.60. The quantitative estimate of drug-likeness (QED) is 0.742. The Hall–Kier alpha value is -1.21. The largest absolute Gasteiger partial charge is 0.495 e. The zero-order chi connectivity index (χ0) is 15.8. The van der Waals surface area contributed by atoms with E-state index in [2.05, 4.69) is 5.32 Å². The summed E-state index contributed by atoms with van der Waals surface area (Å²) in [5.74, 6) is 0.554. The molecule has 1 N–H and O–H groups in total. The van der Waals surface area contributed by atoms with Crippen molar-refractivity contribution in [2.24, 2.45) is 0 Å². The first-order chi connectivity index (χ1) is 9.99. The second-order valence-corrected chi connectivity index (χ2v) is 6.38. The molecule has 5 nitrogen and oxygen atoms in total. The van der Waals surface area contributed by atoms with Crippen molar-refractivity contribution in [3.05, 3.63) is 16.3 Å². The van der Waals surface area contributed by atoms with Crippen molar-refractivity contribution in [1.29, 1.82) is 0 Å². The summed E-state index contributed by atoms with van der Waals surface area (Å²) in [4.78, 5) is 24.3. The van der Waals surface area contributed by atoms with Crippen LogP contribution >= 0.6 is 23.1 Å². The summed E-state index contributed by atoms with van der Waals surface area (Å²) in [5.41, 5.74) is 0.439. The molecule has 1 atom stereocenters. The zero-order valence-electron chi connectivity index (χ0n) is 12.7. The molecule has 0 aliphatic heterocycles. The van der Waals surface area contributed by atoms with Gasteiger partial charge in [-0.25, -0.2) is 4.79 Å². The monoisotopic (exact) mass is 331 g/mol. The summed E-state index contributed by atoms with van der Waals surface area (Å²) < 4.78 is 10.3. The summed E-state index contributed by atoms with van der Waals surface area (Å²) in [6.07, 6.45) is 2.28. The van der Waals surface area contributed by atoms with E-state index in [0.717, 1.165) is 5.75 Å². The minimum atomic E-state index is -0.642. The predicted molar refractivity (Wildman–Crippen MR) is 86.4 cm³/mol. The number of methoxy groups -OCH3 is 1. The maximum atomic E-state index is 12.3. The van der Waals surface area contributed by atoms with Gasteiger partial charge in [-0.15, -0.1) is 11.3 Å². The topological polar surface area (TPSA) is 64.6 Å². The molecule has 0 fully saturated rings. The molecule has 1 aromatic rings. The molecule has 0 saturated heterocycles. The lowest BCUT2D eigenvalue weighted by Gasteiger charge is -2.18. The van der Waals surface area contributed by atoms with Crippen LogP contribution in [0.1, 0.15) is 30.6 Å². The van der Waals surface area contributed by atoms with Gasteiger partial charge in [0, 0.05) is 10.8 Å².